The standard InChI is InChI=1S/C33H34FN3O2/c1-23-13-17-37(18-14-23)29-10-6-26(7-11-29)32(38)20-24-3-8-28(9-4-24)35-31-12-5-25(19-30(31)34)21-33(39)27-15-16-36(2)22-27/h3-12,15-16,19,22-23,35H,13-14,17-18,20-21H2,1-2H3. The first kappa shape index (κ1) is 26.4. The molecule has 0 aliphatic carbocycles. The summed E-state index contributed by atoms with van der Waals surface area (Å²) in [6, 6.07) is 22.0. The van der Waals surface area contributed by atoms with Crippen LogP contribution in [0.25, 0.3) is 0 Å². The van der Waals surface area contributed by atoms with Crippen LogP contribution in [-0.4, -0.2) is 29.2 Å². The molecule has 3 aromatic carbocycles. The van der Waals surface area contributed by atoms with Gasteiger partial charge in [0.15, 0.2) is 11.6 Å². The lowest BCUT2D eigenvalue weighted by molar-refractivity contribution is 0.0984. The summed E-state index contributed by atoms with van der Waals surface area (Å²) in [7, 11) is 1.86. The molecule has 0 bridgehead atoms. The fraction of sp³-hybridized carbons (Fsp3) is 0.273. The molecule has 1 aromatic heterocycles. The Labute approximate surface area is 229 Å². The molecule has 2 heterocycles. The summed E-state index contributed by atoms with van der Waals surface area (Å²) < 4.78 is 16.6. The first-order valence-electron chi connectivity index (χ1n) is 13.5. The molecular formula is C33H34FN3O2. The molecule has 4 aromatic rings. The summed E-state index contributed by atoms with van der Waals surface area (Å²) in [5.41, 5.74) is 5.07. The second-order valence-electron chi connectivity index (χ2n) is 10.6. The number of nitrogens with zero attached hydrogens (tertiary/aromatic N) is 2. The van der Waals surface area contributed by atoms with Crippen LogP contribution in [0.1, 0.15) is 51.6 Å². The van der Waals surface area contributed by atoms with Gasteiger partial charge < -0.3 is 14.8 Å². The van der Waals surface area contributed by atoms with Crippen LogP contribution >= 0.6 is 0 Å². The van der Waals surface area contributed by atoms with Crippen LogP contribution in [0.3, 0.4) is 0 Å². The summed E-state index contributed by atoms with van der Waals surface area (Å²) >= 11 is 0. The van der Waals surface area contributed by atoms with Gasteiger partial charge in [-0.1, -0.05) is 25.1 Å². The van der Waals surface area contributed by atoms with Crippen molar-refractivity contribution in [3.8, 4) is 0 Å². The molecule has 0 radical (unpaired) electrons. The van der Waals surface area contributed by atoms with Crippen LogP contribution in [0.5, 0.6) is 0 Å². The van der Waals surface area contributed by atoms with Crippen molar-refractivity contribution in [2.24, 2.45) is 13.0 Å². The third-order valence-corrected chi connectivity index (χ3v) is 7.49. The van der Waals surface area contributed by atoms with E-state index in [1.807, 2.05) is 66.3 Å². The molecule has 5 nitrogen and oxygen atoms in total. The van der Waals surface area contributed by atoms with E-state index in [4.69, 9.17) is 0 Å². The lowest BCUT2D eigenvalue weighted by Gasteiger charge is -2.32. The molecule has 0 saturated carbocycles. The third kappa shape index (κ3) is 6.63. The van der Waals surface area contributed by atoms with Gasteiger partial charge in [-0.25, -0.2) is 4.39 Å². The van der Waals surface area contributed by atoms with E-state index in [-0.39, 0.29) is 18.0 Å². The van der Waals surface area contributed by atoms with Gasteiger partial charge in [0.25, 0.3) is 0 Å². The molecule has 0 unspecified atom stereocenters. The number of ketones is 2. The second-order valence-corrected chi connectivity index (χ2v) is 10.6. The number of Topliss-reactive ketones (excluding diaryl/α,β-unsaturated/α-hetero) is 2. The molecule has 0 atom stereocenters. The van der Waals surface area contributed by atoms with E-state index in [1.54, 1.807) is 24.4 Å². The first-order valence-corrected chi connectivity index (χ1v) is 13.5. The van der Waals surface area contributed by atoms with Crippen molar-refractivity contribution in [1.29, 1.82) is 0 Å². The molecule has 1 fully saturated rings. The number of halogens is 1. The highest BCUT2D eigenvalue weighted by atomic mass is 19.1. The zero-order valence-corrected chi connectivity index (χ0v) is 22.5. The number of benzene rings is 3. The molecule has 0 amide bonds. The number of nitrogens with one attached hydrogen (secondary N) is 1. The lowest BCUT2D eigenvalue weighted by Crippen LogP contribution is -2.32. The van der Waals surface area contributed by atoms with E-state index in [0.29, 0.717) is 28.8 Å². The smallest absolute Gasteiger partial charge is 0.168 e. The largest absolute Gasteiger partial charge is 0.372 e. The molecular weight excluding hydrogens is 489 g/mol. The van der Waals surface area contributed by atoms with Crippen molar-refractivity contribution in [3.63, 3.8) is 0 Å². The lowest BCUT2D eigenvalue weighted by atomic mass is 9.98. The van der Waals surface area contributed by atoms with Gasteiger partial charge in [-0.3, -0.25) is 9.59 Å². The van der Waals surface area contributed by atoms with E-state index in [9.17, 15) is 14.0 Å². The highest BCUT2D eigenvalue weighted by molar-refractivity contribution is 5.98. The van der Waals surface area contributed by atoms with E-state index in [2.05, 4.69) is 17.1 Å². The molecule has 1 N–H and O–H groups in total. The van der Waals surface area contributed by atoms with Gasteiger partial charge in [0.2, 0.25) is 0 Å². The van der Waals surface area contributed by atoms with Gasteiger partial charge >= 0.3 is 0 Å². The quantitative estimate of drug-likeness (QED) is 0.240. The van der Waals surface area contributed by atoms with Gasteiger partial charge in [0.1, 0.15) is 5.82 Å². The average Bonchev–Trinajstić information content (AvgIpc) is 3.38. The Morgan fingerprint density at radius 2 is 1.49 bits per heavy atom. The Balaban J connectivity index is 1.16. The minimum Gasteiger partial charge on any atom is -0.372 e. The molecule has 1 aliphatic heterocycles. The zero-order valence-electron chi connectivity index (χ0n) is 22.5. The van der Waals surface area contributed by atoms with Gasteiger partial charge in [0.05, 0.1) is 5.69 Å². The molecule has 200 valence electrons. The zero-order chi connectivity index (χ0) is 27.4. The SMILES string of the molecule is CC1CCN(c2ccc(C(=O)Cc3ccc(Nc4ccc(CC(=O)c5ccn(C)c5)cc4F)cc3)cc2)CC1. The van der Waals surface area contributed by atoms with E-state index >= 15 is 0 Å². The number of piperidine rings is 1. The molecule has 5 rings (SSSR count). The number of carbonyl (C=O) groups excluding carboxylic acids is 2. The Hall–Kier alpha value is -4.19. The minimum atomic E-state index is -0.421. The van der Waals surface area contributed by atoms with E-state index < -0.39 is 5.82 Å². The predicted molar refractivity (Wildman–Crippen MR) is 155 cm³/mol. The van der Waals surface area contributed by atoms with Crippen molar-refractivity contribution >= 4 is 28.6 Å². The van der Waals surface area contributed by atoms with Gasteiger partial charge in [-0.15, -0.1) is 0 Å². The molecule has 1 saturated heterocycles. The number of carbonyl (C=O) groups is 2. The highest BCUT2D eigenvalue weighted by Crippen LogP contribution is 2.25. The van der Waals surface area contributed by atoms with Crippen molar-refractivity contribution in [2.75, 3.05) is 23.3 Å². The number of aromatic nitrogens is 1. The Bertz CT molecular complexity index is 1450. The first-order chi connectivity index (χ1) is 18.8. The number of rotatable bonds is 9. The van der Waals surface area contributed by atoms with Gasteiger partial charge in [0, 0.05) is 67.9 Å². The Morgan fingerprint density at radius 1 is 0.846 bits per heavy atom. The van der Waals surface area contributed by atoms with Crippen LogP contribution in [0, 0.1) is 11.7 Å². The third-order valence-electron chi connectivity index (χ3n) is 7.49. The minimum absolute atomic E-state index is 0.0477. The molecule has 6 heteroatoms. The topological polar surface area (TPSA) is 54.3 Å². The Morgan fingerprint density at radius 3 is 2.13 bits per heavy atom. The van der Waals surface area contributed by atoms with Crippen LogP contribution in [0.4, 0.5) is 21.5 Å². The van der Waals surface area contributed by atoms with Crippen LogP contribution in [-0.2, 0) is 19.9 Å². The normalized spacial score (nSPS) is 13.9. The maximum Gasteiger partial charge on any atom is 0.168 e. The maximum absolute atomic E-state index is 14.8. The molecule has 1 aliphatic rings. The summed E-state index contributed by atoms with van der Waals surface area (Å²) in [5.74, 6) is 0.384. The second kappa shape index (κ2) is 11.7. The van der Waals surface area contributed by atoms with Crippen molar-refractivity contribution in [3.05, 3.63) is 113 Å². The van der Waals surface area contributed by atoms with E-state index in [1.165, 1.54) is 24.6 Å². The monoisotopic (exact) mass is 523 g/mol. The van der Waals surface area contributed by atoms with E-state index in [0.717, 1.165) is 30.3 Å². The molecule has 0 spiro atoms. The summed E-state index contributed by atoms with van der Waals surface area (Å²) in [4.78, 5) is 27.7. The van der Waals surface area contributed by atoms with Crippen LogP contribution in [0.15, 0.2) is 85.2 Å². The maximum atomic E-state index is 14.8. The number of anilines is 3. The number of aryl methyl sites for hydroxylation is 1. The summed E-state index contributed by atoms with van der Waals surface area (Å²) in [5, 5.41) is 3.09. The van der Waals surface area contributed by atoms with Gasteiger partial charge in [-0.05, 0) is 84.5 Å². The van der Waals surface area contributed by atoms with Crippen LogP contribution < -0.4 is 10.2 Å². The Kier molecular flexibility index (Phi) is 7.92. The highest BCUT2D eigenvalue weighted by Gasteiger charge is 2.17. The van der Waals surface area contributed by atoms with Gasteiger partial charge in [-0.2, -0.15) is 0 Å². The van der Waals surface area contributed by atoms with Crippen molar-refractivity contribution in [2.45, 2.75) is 32.6 Å². The number of hydrogen-bond donors (Lipinski definition) is 1. The number of hydrogen-bond acceptors (Lipinski definition) is 4. The fourth-order valence-corrected chi connectivity index (χ4v) is 5.00. The predicted octanol–water partition coefficient (Wildman–Crippen LogP) is 6.99. The van der Waals surface area contributed by atoms with Crippen molar-refractivity contribution < 1.29 is 14.0 Å². The fourth-order valence-electron chi connectivity index (χ4n) is 5.00. The summed E-state index contributed by atoms with van der Waals surface area (Å²) in [6.45, 7) is 4.43. The van der Waals surface area contributed by atoms with Crippen molar-refractivity contribution in [1.82, 2.24) is 4.57 Å². The van der Waals surface area contributed by atoms with Crippen LogP contribution in [0.2, 0.25) is 0 Å². The molecule has 39 heavy (non-hydrogen) atoms. The summed E-state index contributed by atoms with van der Waals surface area (Å²) in [6.07, 6.45) is 6.44. The average molecular weight is 524 g/mol.